The van der Waals surface area contributed by atoms with Crippen molar-refractivity contribution < 1.29 is 14.3 Å². The zero-order valence-electron chi connectivity index (χ0n) is 13.8. The molecule has 26 heavy (non-hydrogen) atoms. The molecule has 4 nitrogen and oxygen atoms in total. The van der Waals surface area contributed by atoms with Crippen LogP contribution in [0.25, 0.3) is 0 Å². The number of rotatable bonds is 6. The summed E-state index contributed by atoms with van der Waals surface area (Å²) in [6, 6.07) is 22.6. The third kappa shape index (κ3) is 4.49. The van der Waals surface area contributed by atoms with Crippen LogP contribution in [0.2, 0.25) is 5.02 Å². The molecule has 3 aromatic carbocycles. The monoisotopic (exact) mass is 365 g/mol. The molecule has 0 aliphatic carbocycles. The Morgan fingerprint density at radius 1 is 0.846 bits per heavy atom. The second kappa shape index (κ2) is 8.32. The fourth-order valence-electron chi connectivity index (χ4n) is 2.40. The molecule has 0 aromatic heterocycles. The number of para-hydroxylation sites is 2. The standard InChI is InChI=1S/C21H16ClNO3/c22-16-12-10-15(11-13-16)21(25)18-8-4-5-9-19(18)26-14-20(24)23-17-6-2-1-3-7-17/h1-13H,14H2,(H,23,24). The second-order valence-corrected chi connectivity index (χ2v) is 5.97. The zero-order chi connectivity index (χ0) is 18.4. The van der Waals surface area contributed by atoms with Gasteiger partial charge < -0.3 is 10.1 Å². The average Bonchev–Trinajstić information content (AvgIpc) is 2.67. The Balaban J connectivity index is 1.70. The van der Waals surface area contributed by atoms with E-state index < -0.39 is 0 Å². The fraction of sp³-hybridized carbons (Fsp3) is 0.0476. The molecular formula is C21H16ClNO3. The molecule has 0 fully saturated rings. The molecule has 0 heterocycles. The number of amides is 1. The Morgan fingerprint density at radius 3 is 2.23 bits per heavy atom. The van der Waals surface area contributed by atoms with Crippen molar-refractivity contribution in [1.82, 2.24) is 0 Å². The van der Waals surface area contributed by atoms with Crippen LogP contribution >= 0.6 is 11.6 Å². The number of ketones is 1. The van der Waals surface area contributed by atoms with E-state index in [0.717, 1.165) is 0 Å². The van der Waals surface area contributed by atoms with Gasteiger partial charge in [0, 0.05) is 16.3 Å². The van der Waals surface area contributed by atoms with E-state index in [1.165, 1.54) is 0 Å². The van der Waals surface area contributed by atoms with Crippen molar-refractivity contribution in [3.8, 4) is 5.75 Å². The molecule has 1 N–H and O–H groups in total. The molecule has 0 unspecified atom stereocenters. The van der Waals surface area contributed by atoms with E-state index in [9.17, 15) is 9.59 Å². The van der Waals surface area contributed by atoms with Crippen LogP contribution in [-0.2, 0) is 4.79 Å². The fourth-order valence-corrected chi connectivity index (χ4v) is 2.52. The first-order valence-electron chi connectivity index (χ1n) is 8.00. The Hall–Kier alpha value is -3.11. The maximum atomic E-state index is 12.7. The Labute approximate surface area is 156 Å². The van der Waals surface area contributed by atoms with Crippen molar-refractivity contribution in [3.63, 3.8) is 0 Å². The lowest BCUT2D eigenvalue weighted by molar-refractivity contribution is -0.118. The molecular weight excluding hydrogens is 350 g/mol. The van der Waals surface area contributed by atoms with Crippen LogP contribution in [0.1, 0.15) is 15.9 Å². The molecule has 5 heteroatoms. The van der Waals surface area contributed by atoms with Crippen LogP contribution < -0.4 is 10.1 Å². The second-order valence-electron chi connectivity index (χ2n) is 5.54. The van der Waals surface area contributed by atoms with Crippen LogP contribution in [-0.4, -0.2) is 18.3 Å². The number of carbonyl (C=O) groups excluding carboxylic acids is 2. The minimum atomic E-state index is -0.301. The molecule has 0 bridgehead atoms. The van der Waals surface area contributed by atoms with Crippen molar-refractivity contribution >= 4 is 29.0 Å². The van der Waals surface area contributed by atoms with Gasteiger partial charge in [0.15, 0.2) is 12.4 Å². The highest BCUT2D eigenvalue weighted by molar-refractivity contribution is 6.30. The van der Waals surface area contributed by atoms with E-state index in [4.69, 9.17) is 16.3 Å². The molecule has 0 saturated heterocycles. The molecule has 0 aliphatic rings. The van der Waals surface area contributed by atoms with Crippen molar-refractivity contribution in [2.24, 2.45) is 0 Å². The van der Waals surface area contributed by atoms with Gasteiger partial charge in [-0.15, -0.1) is 0 Å². The largest absolute Gasteiger partial charge is 0.483 e. The summed E-state index contributed by atoms with van der Waals surface area (Å²) < 4.78 is 5.58. The molecule has 0 atom stereocenters. The molecule has 1 amide bonds. The van der Waals surface area contributed by atoms with E-state index in [-0.39, 0.29) is 18.3 Å². The highest BCUT2D eigenvalue weighted by atomic mass is 35.5. The molecule has 0 saturated carbocycles. The topological polar surface area (TPSA) is 55.4 Å². The first-order chi connectivity index (χ1) is 12.6. The van der Waals surface area contributed by atoms with Gasteiger partial charge in [-0.05, 0) is 48.5 Å². The van der Waals surface area contributed by atoms with Gasteiger partial charge in [-0.1, -0.05) is 41.9 Å². The maximum absolute atomic E-state index is 12.7. The number of halogens is 1. The molecule has 0 radical (unpaired) electrons. The van der Waals surface area contributed by atoms with Gasteiger partial charge in [0.05, 0.1) is 5.56 Å². The molecule has 130 valence electrons. The zero-order valence-corrected chi connectivity index (χ0v) is 14.6. The summed E-state index contributed by atoms with van der Waals surface area (Å²) >= 11 is 5.86. The van der Waals surface area contributed by atoms with Gasteiger partial charge in [0.1, 0.15) is 5.75 Å². The third-order valence-corrected chi connectivity index (χ3v) is 3.91. The summed E-state index contributed by atoms with van der Waals surface area (Å²) in [6.07, 6.45) is 0. The third-order valence-electron chi connectivity index (χ3n) is 3.65. The molecule has 0 spiro atoms. The normalized spacial score (nSPS) is 10.2. The highest BCUT2D eigenvalue weighted by Crippen LogP contribution is 2.22. The van der Waals surface area contributed by atoms with E-state index in [1.54, 1.807) is 60.7 Å². The summed E-state index contributed by atoms with van der Waals surface area (Å²) in [6.45, 7) is -0.195. The number of ether oxygens (including phenoxy) is 1. The highest BCUT2D eigenvalue weighted by Gasteiger charge is 2.15. The smallest absolute Gasteiger partial charge is 0.262 e. The van der Waals surface area contributed by atoms with Crippen LogP contribution in [0.3, 0.4) is 0 Å². The number of nitrogens with one attached hydrogen (secondary N) is 1. The van der Waals surface area contributed by atoms with Crippen LogP contribution in [0, 0.1) is 0 Å². The van der Waals surface area contributed by atoms with Gasteiger partial charge in [-0.25, -0.2) is 0 Å². The summed E-state index contributed by atoms with van der Waals surface area (Å²) in [5, 5.41) is 3.29. The minimum Gasteiger partial charge on any atom is -0.483 e. The Morgan fingerprint density at radius 2 is 1.50 bits per heavy atom. The van der Waals surface area contributed by atoms with Crippen molar-refractivity contribution in [2.75, 3.05) is 11.9 Å². The van der Waals surface area contributed by atoms with Crippen molar-refractivity contribution in [1.29, 1.82) is 0 Å². The van der Waals surface area contributed by atoms with E-state index in [2.05, 4.69) is 5.32 Å². The Kier molecular flexibility index (Phi) is 5.66. The summed E-state index contributed by atoms with van der Waals surface area (Å²) in [7, 11) is 0. The lowest BCUT2D eigenvalue weighted by Crippen LogP contribution is -2.20. The maximum Gasteiger partial charge on any atom is 0.262 e. The molecule has 3 aromatic rings. The number of carbonyl (C=O) groups is 2. The predicted octanol–water partition coefficient (Wildman–Crippen LogP) is 4.59. The van der Waals surface area contributed by atoms with Gasteiger partial charge in [0.25, 0.3) is 5.91 Å². The lowest BCUT2D eigenvalue weighted by Gasteiger charge is -2.11. The van der Waals surface area contributed by atoms with Gasteiger partial charge in [0.2, 0.25) is 0 Å². The average molecular weight is 366 g/mol. The number of hydrogen-bond acceptors (Lipinski definition) is 3. The summed E-state index contributed by atoms with van der Waals surface area (Å²) in [5.74, 6) is -0.138. The molecule has 0 aliphatic heterocycles. The van der Waals surface area contributed by atoms with Crippen LogP contribution in [0.4, 0.5) is 5.69 Å². The number of hydrogen-bond donors (Lipinski definition) is 1. The van der Waals surface area contributed by atoms with Crippen LogP contribution in [0.5, 0.6) is 5.75 Å². The van der Waals surface area contributed by atoms with Gasteiger partial charge in [-0.2, -0.15) is 0 Å². The number of benzene rings is 3. The van der Waals surface area contributed by atoms with E-state index in [0.29, 0.717) is 27.6 Å². The van der Waals surface area contributed by atoms with Crippen molar-refractivity contribution in [3.05, 3.63) is 95.0 Å². The van der Waals surface area contributed by atoms with Crippen molar-refractivity contribution in [2.45, 2.75) is 0 Å². The first-order valence-corrected chi connectivity index (χ1v) is 8.38. The predicted molar refractivity (Wildman–Crippen MR) is 102 cm³/mol. The van der Waals surface area contributed by atoms with Gasteiger partial charge >= 0.3 is 0 Å². The van der Waals surface area contributed by atoms with Crippen LogP contribution in [0.15, 0.2) is 78.9 Å². The number of anilines is 1. The van der Waals surface area contributed by atoms with Gasteiger partial charge in [-0.3, -0.25) is 9.59 Å². The summed E-state index contributed by atoms with van der Waals surface area (Å²) in [4.78, 5) is 24.7. The van der Waals surface area contributed by atoms with E-state index in [1.807, 2.05) is 18.2 Å². The lowest BCUT2D eigenvalue weighted by atomic mass is 10.0. The first kappa shape index (κ1) is 17.7. The quantitative estimate of drug-likeness (QED) is 0.650. The minimum absolute atomic E-state index is 0.194. The molecule has 3 rings (SSSR count). The Bertz CT molecular complexity index is 908. The SMILES string of the molecule is O=C(COc1ccccc1C(=O)c1ccc(Cl)cc1)Nc1ccccc1. The van der Waals surface area contributed by atoms with E-state index >= 15 is 0 Å². The summed E-state index contributed by atoms with van der Waals surface area (Å²) in [5.41, 5.74) is 1.58.